The second-order valence-electron chi connectivity index (χ2n) is 17.0. The number of carboxylic acid groups (broad SMARTS) is 2. The lowest BCUT2D eigenvalue weighted by Gasteiger charge is -2.27. The summed E-state index contributed by atoms with van der Waals surface area (Å²) >= 11 is 0. The molecule has 0 aliphatic carbocycles. The first-order valence-electron chi connectivity index (χ1n) is 21.8. The van der Waals surface area contributed by atoms with E-state index in [9.17, 15) is 77.0 Å². The molecule has 0 bridgehead atoms. The monoisotopic (exact) mass is 1030 g/mol. The van der Waals surface area contributed by atoms with Gasteiger partial charge in [0, 0.05) is 19.3 Å². The normalized spacial score (nSPS) is 14.2. The number of aliphatic carboxylic acids is 2. The van der Waals surface area contributed by atoms with Gasteiger partial charge in [0.25, 0.3) is 0 Å². The van der Waals surface area contributed by atoms with Crippen LogP contribution in [0, 0.1) is 11.8 Å². The number of carboxylic acids is 2. The molecule has 1 aromatic rings. The van der Waals surface area contributed by atoms with E-state index in [4.69, 9.17) is 28.0 Å². The number of primary amides is 3. The van der Waals surface area contributed by atoms with Crippen LogP contribution in [0.15, 0.2) is 24.3 Å². The van der Waals surface area contributed by atoms with Crippen LogP contribution < -0.4 is 64.7 Å². The molecule has 19 N–H and O–H groups in total. The van der Waals surface area contributed by atoms with Crippen molar-refractivity contribution in [1.29, 1.82) is 0 Å². The molecule has 7 atom stereocenters. The highest BCUT2D eigenvalue weighted by molar-refractivity contribution is 7.46. The first-order valence-corrected chi connectivity index (χ1v) is 23.4. The molecule has 0 unspecified atom stereocenters. The number of hydrogen-bond acceptors (Lipinski definition) is 15. The second kappa shape index (κ2) is 29.7. The Kier molecular flexibility index (Phi) is 25.9. The summed E-state index contributed by atoms with van der Waals surface area (Å²) in [6.45, 7) is 5.84. The van der Waals surface area contributed by atoms with E-state index in [0.717, 1.165) is 12.1 Å². The predicted octanol–water partition coefficient (Wildman–Crippen LogP) is -4.89. The molecule has 1 aromatic carbocycles. The van der Waals surface area contributed by atoms with E-state index >= 15 is 0 Å². The molecule has 0 spiro atoms. The SMILES string of the molecule is CC(C)C[C@H](NC(=O)CNC(=O)[C@H](CCC(=O)O)NC(=O)[C@H](Cc1ccc(OP(=O)(O)O)cc1)NC(=O)[C@H](CC(C)C)NC(=O)[C@H](CC(N)=O)NC(=O)[C@@H](N)CCC(=O)O)C(=O)N[C@@H](CC(N)=O)C(N)=O. The minimum atomic E-state index is -5.00. The van der Waals surface area contributed by atoms with Crippen molar-refractivity contribution in [3.8, 4) is 5.75 Å². The van der Waals surface area contributed by atoms with Crippen molar-refractivity contribution in [1.82, 2.24) is 37.2 Å². The molecule has 0 aliphatic heterocycles. The van der Waals surface area contributed by atoms with Gasteiger partial charge < -0.3 is 74.9 Å². The van der Waals surface area contributed by atoms with Gasteiger partial charge in [0.15, 0.2) is 0 Å². The average Bonchev–Trinajstić information content (AvgIpc) is 3.23. The van der Waals surface area contributed by atoms with Crippen LogP contribution in [0.2, 0.25) is 0 Å². The number of amides is 10. The third-order valence-corrected chi connectivity index (χ3v) is 10.2. The summed E-state index contributed by atoms with van der Waals surface area (Å²) in [7, 11) is -5.00. The van der Waals surface area contributed by atoms with Crippen LogP contribution in [0.5, 0.6) is 5.75 Å². The molecule has 30 heteroatoms. The topological polar surface area (TPSA) is 500 Å². The average molecular weight is 1030 g/mol. The molecule has 10 amide bonds. The van der Waals surface area contributed by atoms with E-state index < -0.39 is 166 Å². The highest BCUT2D eigenvalue weighted by Gasteiger charge is 2.34. The van der Waals surface area contributed by atoms with Crippen LogP contribution in [0.4, 0.5) is 0 Å². The van der Waals surface area contributed by atoms with Crippen molar-refractivity contribution in [3.05, 3.63) is 29.8 Å². The highest BCUT2D eigenvalue weighted by atomic mass is 31.2. The Bertz CT molecular complexity index is 2150. The third-order valence-electron chi connectivity index (χ3n) is 9.73. The Balaban J connectivity index is 3.54. The molecule has 0 radical (unpaired) electrons. The van der Waals surface area contributed by atoms with Gasteiger partial charge in [0.2, 0.25) is 59.1 Å². The van der Waals surface area contributed by atoms with E-state index in [0.29, 0.717) is 0 Å². The van der Waals surface area contributed by atoms with E-state index in [-0.39, 0.29) is 42.4 Å². The lowest BCUT2D eigenvalue weighted by atomic mass is 10.00. The Morgan fingerprint density at radius 2 is 0.986 bits per heavy atom. The van der Waals surface area contributed by atoms with Gasteiger partial charge in [-0.3, -0.25) is 67.3 Å². The zero-order valence-corrected chi connectivity index (χ0v) is 40.2. The molecular weight excluding hydrogens is 965 g/mol. The van der Waals surface area contributed by atoms with Crippen LogP contribution in [0.1, 0.15) is 84.6 Å². The number of carbonyl (C=O) groups excluding carboxylic acids is 10. The maximum Gasteiger partial charge on any atom is 0.524 e. The molecule has 396 valence electrons. The molecule has 1 rings (SSSR count). The summed E-state index contributed by atoms with van der Waals surface area (Å²) in [5.41, 5.74) is 21.7. The Labute approximate surface area is 406 Å². The number of nitrogens with one attached hydrogen (secondary N) is 7. The van der Waals surface area contributed by atoms with Gasteiger partial charge in [-0.05, 0) is 55.2 Å². The van der Waals surface area contributed by atoms with Gasteiger partial charge in [-0.1, -0.05) is 39.8 Å². The third kappa shape index (κ3) is 25.8. The number of hydrogen-bond donors (Lipinski definition) is 15. The molecule has 0 fully saturated rings. The number of carbonyl (C=O) groups is 12. The Hall–Kier alpha value is -7.23. The van der Waals surface area contributed by atoms with Crippen LogP contribution in [-0.4, -0.2) is 140 Å². The molecule has 0 aromatic heterocycles. The first-order chi connectivity index (χ1) is 32.9. The number of benzene rings is 1. The van der Waals surface area contributed by atoms with Crippen LogP contribution in [0.25, 0.3) is 0 Å². The largest absolute Gasteiger partial charge is 0.524 e. The molecule has 29 nitrogen and oxygen atoms in total. The van der Waals surface area contributed by atoms with Gasteiger partial charge in [-0.15, -0.1) is 0 Å². The van der Waals surface area contributed by atoms with E-state index in [1.807, 2.05) is 0 Å². The molecule has 71 heavy (non-hydrogen) atoms. The number of rotatable bonds is 33. The maximum atomic E-state index is 14.1. The zero-order valence-electron chi connectivity index (χ0n) is 39.3. The lowest BCUT2D eigenvalue weighted by molar-refractivity contribution is -0.139. The van der Waals surface area contributed by atoms with E-state index in [2.05, 4.69) is 41.7 Å². The molecular formula is C41H64N11O18P. The van der Waals surface area contributed by atoms with Crippen molar-refractivity contribution >= 4 is 78.8 Å². The fraction of sp³-hybridized carbons (Fsp3) is 0.561. The van der Waals surface area contributed by atoms with Crippen LogP contribution in [0.3, 0.4) is 0 Å². The second-order valence-corrected chi connectivity index (χ2v) is 18.2. The van der Waals surface area contributed by atoms with E-state index in [1.165, 1.54) is 12.1 Å². The summed E-state index contributed by atoms with van der Waals surface area (Å²) in [6, 6.07) is -6.19. The minimum absolute atomic E-state index is 0.00544. The summed E-state index contributed by atoms with van der Waals surface area (Å²) in [5, 5.41) is 34.7. The van der Waals surface area contributed by atoms with Crippen molar-refractivity contribution in [2.24, 2.45) is 34.8 Å². The molecule has 0 saturated heterocycles. The van der Waals surface area contributed by atoms with Gasteiger partial charge in [0.05, 0.1) is 25.4 Å². The van der Waals surface area contributed by atoms with Crippen LogP contribution >= 0.6 is 7.82 Å². The fourth-order valence-electron chi connectivity index (χ4n) is 6.36. The van der Waals surface area contributed by atoms with Crippen molar-refractivity contribution in [2.45, 2.75) is 128 Å². The smallest absolute Gasteiger partial charge is 0.481 e. The van der Waals surface area contributed by atoms with Crippen molar-refractivity contribution < 1.29 is 86.6 Å². The highest BCUT2D eigenvalue weighted by Crippen LogP contribution is 2.37. The van der Waals surface area contributed by atoms with Gasteiger partial charge >= 0.3 is 19.8 Å². The minimum Gasteiger partial charge on any atom is -0.481 e. The van der Waals surface area contributed by atoms with E-state index in [1.54, 1.807) is 27.7 Å². The summed E-state index contributed by atoms with van der Waals surface area (Å²) in [6.07, 6.45) is -4.19. The predicted molar refractivity (Wildman–Crippen MR) is 245 cm³/mol. The van der Waals surface area contributed by atoms with Crippen LogP contribution in [-0.2, 0) is 68.5 Å². The molecule has 0 aliphatic rings. The Morgan fingerprint density at radius 3 is 1.46 bits per heavy atom. The fourth-order valence-corrected chi connectivity index (χ4v) is 6.76. The van der Waals surface area contributed by atoms with Gasteiger partial charge in [-0.25, -0.2) is 4.57 Å². The molecule has 0 saturated carbocycles. The molecule has 0 heterocycles. The van der Waals surface area contributed by atoms with Gasteiger partial charge in [-0.2, -0.15) is 0 Å². The first kappa shape index (κ1) is 61.8. The standard InChI is InChI=1S/C41H64N11O18P/c1-19(2)13-26(38(63)49-25(35(45)60)16-30(43)53)47-32(55)18-46-37(62)24(10-12-34(58)59)48-40(65)28(15-21-5-7-22(8-6-21)70-71(67,68)69)52-39(64)27(14-20(3)4)51-41(66)29(17-31(44)54)50-36(61)23(42)9-11-33(56)57/h5-8,19-20,23-29H,9-18,42H2,1-4H3,(H2,43,53)(H2,44,54)(H2,45,60)(H,46,62)(H,47,55)(H,48,65)(H,49,63)(H,50,61)(H,51,66)(H,52,64)(H,56,57)(H,58,59)(H2,67,68,69)/t23-,24-,25-,26-,27-,28-,29-/m0/s1. The lowest BCUT2D eigenvalue weighted by Crippen LogP contribution is -2.60. The van der Waals surface area contributed by atoms with Crippen molar-refractivity contribution in [2.75, 3.05) is 6.54 Å². The summed E-state index contributed by atoms with van der Waals surface area (Å²) < 4.78 is 15.9. The number of phosphoric acid groups is 1. The number of nitrogens with two attached hydrogens (primary N) is 4. The Morgan fingerprint density at radius 1 is 0.563 bits per heavy atom. The zero-order chi connectivity index (χ0) is 54.3. The summed E-state index contributed by atoms with van der Waals surface area (Å²) in [4.78, 5) is 170. The number of phosphoric ester groups is 1. The quantitative estimate of drug-likeness (QED) is 0.0294. The van der Waals surface area contributed by atoms with Crippen molar-refractivity contribution in [3.63, 3.8) is 0 Å². The maximum absolute atomic E-state index is 14.1. The summed E-state index contributed by atoms with van der Waals surface area (Å²) in [5.74, 6) is -14.0. The van der Waals surface area contributed by atoms with Gasteiger partial charge in [0.1, 0.15) is 42.0 Å².